The maximum atomic E-state index is 13.2. The Morgan fingerprint density at radius 3 is 2.62 bits per heavy atom. The minimum Gasteiger partial charge on any atom is -0.361 e. The number of nitrogens with one attached hydrogen (secondary N) is 2. The summed E-state index contributed by atoms with van der Waals surface area (Å²) in [6, 6.07) is 12.8. The first-order chi connectivity index (χ1) is 13.8. The number of carbonyl (C=O) groups is 1. The molecule has 0 aliphatic heterocycles. The van der Waals surface area contributed by atoms with E-state index in [1.54, 1.807) is 12.3 Å². The summed E-state index contributed by atoms with van der Waals surface area (Å²) in [5.41, 5.74) is 1.44. The van der Waals surface area contributed by atoms with Crippen molar-refractivity contribution >= 4 is 16.8 Å². The van der Waals surface area contributed by atoms with Crippen molar-refractivity contribution in [2.75, 3.05) is 27.2 Å². The molecule has 0 radical (unpaired) electrons. The zero-order chi connectivity index (χ0) is 21.0. The number of amides is 1. The number of nitrogens with zero attached hydrogens (tertiary/aromatic N) is 1. The molecule has 2 N–H and O–H groups in total. The highest BCUT2D eigenvalue weighted by molar-refractivity contribution is 5.86. The monoisotopic (exact) mass is 403 g/mol. The quantitative estimate of drug-likeness (QED) is 0.615. The van der Waals surface area contributed by atoms with Gasteiger partial charge in [-0.05, 0) is 37.4 Å². The summed E-state index contributed by atoms with van der Waals surface area (Å²) in [7, 11) is 3.81. The average Bonchev–Trinajstić information content (AvgIpc) is 3.09. The highest BCUT2D eigenvalue weighted by Gasteiger charge is 2.31. The van der Waals surface area contributed by atoms with Gasteiger partial charge in [-0.25, -0.2) is 0 Å². The number of carbonyl (C=O) groups excluding carboxylic acids is 1. The normalized spacial score (nSPS) is 13.0. The second-order valence-electron chi connectivity index (χ2n) is 7.32. The van der Waals surface area contributed by atoms with E-state index in [4.69, 9.17) is 0 Å². The molecule has 3 aromatic rings. The molecule has 1 amide bonds. The number of fused-ring (bicyclic) bond motifs is 1. The smallest absolute Gasteiger partial charge is 0.361 e. The van der Waals surface area contributed by atoms with E-state index in [-0.39, 0.29) is 12.3 Å². The molecule has 0 aliphatic carbocycles. The molecular formula is C22H24F3N3O. The first-order valence-electron chi connectivity index (χ1n) is 9.40. The summed E-state index contributed by atoms with van der Waals surface area (Å²) in [4.78, 5) is 17.7. The first-order valence-corrected chi connectivity index (χ1v) is 9.40. The molecule has 0 unspecified atom stereocenters. The van der Waals surface area contributed by atoms with Crippen LogP contribution in [0.1, 0.15) is 29.0 Å². The molecular weight excluding hydrogens is 379 g/mol. The summed E-state index contributed by atoms with van der Waals surface area (Å²) in [6.07, 6.45) is -2.59. The van der Waals surface area contributed by atoms with Crippen molar-refractivity contribution in [1.82, 2.24) is 15.2 Å². The lowest BCUT2D eigenvalue weighted by Crippen LogP contribution is -2.32. The van der Waals surface area contributed by atoms with Gasteiger partial charge in [-0.15, -0.1) is 0 Å². The first kappa shape index (κ1) is 20.9. The lowest BCUT2D eigenvalue weighted by atomic mass is 9.87. The van der Waals surface area contributed by atoms with E-state index in [2.05, 4.69) is 10.3 Å². The van der Waals surface area contributed by atoms with Crippen LogP contribution in [-0.4, -0.2) is 43.0 Å². The molecule has 4 nitrogen and oxygen atoms in total. The number of alkyl halides is 3. The molecule has 2 aromatic carbocycles. The van der Waals surface area contributed by atoms with E-state index < -0.39 is 17.7 Å². The van der Waals surface area contributed by atoms with Gasteiger partial charge in [-0.3, -0.25) is 4.79 Å². The lowest BCUT2D eigenvalue weighted by molar-refractivity contribution is -0.137. The fourth-order valence-corrected chi connectivity index (χ4v) is 3.40. The summed E-state index contributed by atoms with van der Waals surface area (Å²) < 4.78 is 39.7. The number of aromatic amines is 1. The van der Waals surface area contributed by atoms with Crippen LogP contribution in [0.15, 0.2) is 54.7 Å². The van der Waals surface area contributed by atoms with Crippen LogP contribution in [0.4, 0.5) is 13.2 Å². The van der Waals surface area contributed by atoms with Crippen molar-refractivity contribution in [1.29, 1.82) is 0 Å². The Labute approximate surface area is 167 Å². The Balaban J connectivity index is 1.95. The number of rotatable bonds is 7. The van der Waals surface area contributed by atoms with Crippen LogP contribution < -0.4 is 5.32 Å². The Morgan fingerprint density at radius 2 is 1.90 bits per heavy atom. The van der Waals surface area contributed by atoms with Gasteiger partial charge < -0.3 is 15.2 Å². The molecule has 3 rings (SSSR count). The third-order valence-electron chi connectivity index (χ3n) is 4.88. The van der Waals surface area contributed by atoms with Crippen LogP contribution in [-0.2, 0) is 11.0 Å². The largest absolute Gasteiger partial charge is 0.416 e. The van der Waals surface area contributed by atoms with E-state index in [0.29, 0.717) is 18.7 Å². The van der Waals surface area contributed by atoms with E-state index >= 15 is 0 Å². The molecule has 7 heteroatoms. The topological polar surface area (TPSA) is 48.1 Å². The molecule has 1 heterocycles. The molecule has 0 aliphatic rings. The lowest BCUT2D eigenvalue weighted by Gasteiger charge is -2.19. The maximum Gasteiger partial charge on any atom is 0.416 e. The van der Waals surface area contributed by atoms with Crippen molar-refractivity contribution in [2.45, 2.75) is 18.5 Å². The second-order valence-corrected chi connectivity index (χ2v) is 7.32. The minimum absolute atomic E-state index is 0.0661. The Hall–Kier alpha value is -2.80. The number of hydrogen-bond donors (Lipinski definition) is 2. The number of hydrogen-bond acceptors (Lipinski definition) is 2. The summed E-state index contributed by atoms with van der Waals surface area (Å²) in [5, 5.41) is 3.76. The van der Waals surface area contributed by atoms with Gasteiger partial charge in [-0.2, -0.15) is 13.2 Å². The van der Waals surface area contributed by atoms with Gasteiger partial charge in [-0.1, -0.05) is 36.4 Å². The third-order valence-corrected chi connectivity index (χ3v) is 4.88. The number of benzene rings is 2. The van der Waals surface area contributed by atoms with E-state index in [1.165, 1.54) is 6.07 Å². The number of para-hydroxylation sites is 1. The molecule has 0 fully saturated rings. The van der Waals surface area contributed by atoms with Crippen molar-refractivity contribution < 1.29 is 18.0 Å². The molecule has 0 spiro atoms. The number of likely N-dealkylation sites (N-methyl/N-ethyl adjacent to an activating group) is 1. The standard InChI is InChI=1S/C22H24F3N3O/c1-28(2)11-10-26-21(29)13-18(15-6-5-7-16(12-15)22(23,24)25)19-14-27-20-9-4-3-8-17(19)20/h3-9,12,14,18,27H,10-11,13H2,1-2H3,(H,26,29)/t18-/m0/s1. The van der Waals surface area contributed by atoms with Gasteiger partial charge >= 0.3 is 6.18 Å². The SMILES string of the molecule is CN(C)CCNC(=O)C[C@@H](c1cccc(C(F)(F)F)c1)c1c[nH]c2ccccc12. The minimum atomic E-state index is -4.44. The summed E-state index contributed by atoms with van der Waals surface area (Å²) >= 11 is 0. The second kappa shape index (κ2) is 8.69. The number of halogens is 3. The zero-order valence-electron chi connectivity index (χ0n) is 16.4. The molecule has 1 aromatic heterocycles. The van der Waals surface area contributed by atoms with Crippen LogP contribution in [0.25, 0.3) is 10.9 Å². The fraction of sp³-hybridized carbons (Fsp3) is 0.318. The van der Waals surface area contributed by atoms with Crippen LogP contribution in [0.3, 0.4) is 0 Å². The van der Waals surface area contributed by atoms with Crippen LogP contribution in [0.5, 0.6) is 0 Å². The van der Waals surface area contributed by atoms with Crippen LogP contribution in [0, 0.1) is 0 Å². The van der Waals surface area contributed by atoms with Gasteiger partial charge in [0.05, 0.1) is 5.56 Å². The van der Waals surface area contributed by atoms with Gasteiger partial charge in [0.2, 0.25) is 5.91 Å². The van der Waals surface area contributed by atoms with Gasteiger partial charge in [0.15, 0.2) is 0 Å². The van der Waals surface area contributed by atoms with Crippen molar-refractivity contribution in [3.8, 4) is 0 Å². The van der Waals surface area contributed by atoms with E-state index in [0.717, 1.165) is 28.6 Å². The average molecular weight is 403 g/mol. The molecule has 154 valence electrons. The van der Waals surface area contributed by atoms with Crippen molar-refractivity contribution in [2.24, 2.45) is 0 Å². The highest BCUT2D eigenvalue weighted by atomic mass is 19.4. The Kier molecular flexibility index (Phi) is 6.27. The van der Waals surface area contributed by atoms with E-state index in [1.807, 2.05) is 43.3 Å². The van der Waals surface area contributed by atoms with E-state index in [9.17, 15) is 18.0 Å². The number of aromatic nitrogens is 1. The van der Waals surface area contributed by atoms with Gasteiger partial charge in [0, 0.05) is 42.5 Å². The van der Waals surface area contributed by atoms with Crippen molar-refractivity contribution in [3.63, 3.8) is 0 Å². The molecule has 29 heavy (non-hydrogen) atoms. The van der Waals surface area contributed by atoms with Crippen LogP contribution >= 0.6 is 0 Å². The molecule has 1 atom stereocenters. The maximum absolute atomic E-state index is 13.2. The Morgan fingerprint density at radius 1 is 1.14 bits per heavy atom. The highest BCUT2D eigenvalue weighted by Crippen LogP contribution is 2.36. The summed E-state index contributed by atoms with van der Waals surface area (Å²) in [5.74, 6) is -0.688. The van der Waals surface area contributed by atoms with Gasteiger partial charge in [0.25, 0.3) is 0 Å². The molecule has 0 saturated carbocycles. The van der Waals surface area contributed by atoms with Crippen LogP contribution in [0.2, 0.25) is 0 Å². The fourth-order valence-electron chi connectivity index (χ4n) is 3.40. The molecule has 0 saturated heterocycles. The zero-order valence-corrected chi connectivity index (χ0v) is 16.4. The van der Waals surface area contributed by atoms with Crippen molar-refractivity contribution in [3.05, 3.63) is 71.4 Å². The number of H-pyrrole nitrogens is 1. The third kappa shape index (κ3) is 5.17. The summed E-state index contributed by atoms with van der Waals surface area (Å²) in [6.45, 7) is 1.17. The predicted octanol–water partition coefficient (Wildman–Crippen LogP) is 4.39. The predicted molar refractivity (Wildman–Crippen MR) is 108 cm³/mol. The Bertz CT molecular complexity index is 979. The molecule has 0 bridgehead atoms. The van der Waals surface area contributed by atoms with Gasteiger partial charge in [0.1, 0.15) is 0 Å².